The van der Waals surface area contributed by atoms with Crippen molar-refractivity contribution >= 4 is 22.6 Å². The second-order valence-electron chi connectivity index (χ2n) is 7.45. The molecule has 2 N–H and O–H groups in total. The summed E-state index contributed by atoms with van der Waals surface area (Å²) in [4.78, 5) is 23.6. The van der Waals surface area contributed by atoms with E-state index in [9.17, 15) is 18.0 Å². The van der Waals surface area contributed by atoms with Crippen LogP contribution in [0.4, 0.5) is 18.9 Å². The molecule has 0 unspecified atom stereocenters. The predicted molar refractivity (Wildman–Crippen MR) is 113 cm³/mol. The molecule has 168 valence electrons. The van der Waals surface area contributed by atoms with Crippen molar-refractivity contribution in [1.29, 1.82) is 0 Å². The fourth-order valence-electron chi connectivity index (χ4n) is 3.39. The molecule has 0 saturated carbocycles. The minimum absolute atomic E-state index is 0.176. The number of anilines is 1. The third kappa shape index (κ3) is 5.71. The van der Waals surface area contributed by atoms with Crippen molar-refractivity contribution in [3.8, 4) is 5.75 Å². The number of nitrogens with zero attached hydrogens (tertiary/aromatic N) is 3. The summed E-state index contributed by atoms with van der Waals surface area (Å²) in [6.07, 6.45) is -2.68. The SMILES string of the molecule is O=C(COc1ccc(C(F)(F)F)cc1)Nc1ccc2nc(CN3CCNCC3)cnc2c1. The maximum Gasteiger partial charge on any atom is 0.416 e. The first kappa shape index (κ1) is 22.0. The molecule has 1 saturated heterocycles. The van der Waals surface area contributed by atoms with Crippen molar-refractivity contribution < 1.29 is 22.7 Å². The highest BCUT2D eigenvalue weighted by atomic mass is 19.4. The Morgan fingerprint density at radius 3 is 2.56 bits per heavy atom. The Balaban J connectivity index is 1.33. The van der Waals surface area contributed by atoms with Crippen LogP contribution in [0.3, 0.4) is 0 Å². The lowest BCUT2D eigenvalue weighted by Gasteiger charge is -2.26. The molecule has 0 aliphatic carbocycles. The summed E-state index contributed by atoms with van der Waals surface area (Å²) < 4.78 is 43.1. The van der Waals surface area contributed by atoms with E-state index >= 15 is 0 Å². The minimum atomic E-state index is -4.42. The minimum Gasteiger partial charge on any atom is -0.484 e. The van der Waals surface area contributed by atoms with Gasteiger partial charge in [0, 0.05) is 38.4 Å². The van der Waals surface area contributed by atoms with Crippen molar-refractivity contribution in [3.05, 3.63) is 59.9 Å². The second-order valence-corrected chi connectivity index (χ2v) is 7.45. The number of nitrogens with one attached hydrogen (secondary N) is 2. The number of hydrogen-bond acceptors (Lipinski definition) is 6. The number of rotatable bonds is 6. The summed E-state index contributed by atoms with van der Waals surface area (Å²) in [7, 11) is 0. The Kier molecular flexibility index (Phi) is 6.52. The molecule has 0 spiro atoms. The Labute approximate surface area is 182 Å². The van der Waals surface area contributed by atoms with Gasteiger partial charge >= 0.3 is 6.18 Å². The van der Waals surface area contributed by atoms with E-state index < -0.39 is 17.6 Å². The number of hydrogen-bond donors (Lipinski definition) is 2. The molecule has 1 fully saturated rings. The predicted octanol–water partition coefficient (Wildman–Crippen LogP) is 3.07. The van der Waals surface area contributed by atoms with Gasteiger partial charge < -0.3 is 15.4 Å². The Morgan fingerprint density at radius 1 is 1.09 bits per heavy atom. The average Bonchev–Trinajstić information content (AvgIpc) is 2.78. The summed E-state index contributed by atoms with van der Waals surface area (Å²) in [6.45, 7) is 4.28. The van der Waals surface area contributed by atoms with Crippen LogP contribution in [-0.2, 0) is 17.5 Å². The second kappa shape index (κ2) is 9.49. The first-order valence-electron chi connectivity index (χ1n) is 10.2. The number of ether oxygens (including phenoxy) is 1. The molecule has 0 atom stereocenters. The van der Waals surface area contributed by atoms with E-state index in [2.05, 4.69) is 25.5 Å². The Bertz CT molecular complexity index is 1080. The van der Waals surface area contributed by atoms with Crippen LogP contribution in [0.25, 0.3) is 11.0 Å². The van der Waals surface area contributed by atoms with E-state index in [1.807, 2.05) is 0 Å². The number of alkyl halides is 3. The number of carbonyl (C=O) groups excluding carboxylic acids is 1. The molecule has 2 heterocycles. The van der Waals surface area contributed by atoms with Gasteiger partial charge in [-0.2, -0.15) is 13.2 Å². The van der Waals surface area contributed by atoms with E-state index in [0.29, 0.717) is 11.2 Å². The monoisotopic (exact) mass is 445 g/mol. The molecular formula is C22H22F3N5O2. The molecule has 1 amide bonds. The highest BCUT2D eigenvalue weighted by Crippen LogP contribution is 2.30. The van der Waals surface area contributed by atoms with Gasteiger partial charge in [-0.3, -0.25) is 14.7 Å². The third-order valence-electron chi connectivity index (χ3n) is 5.02. The number of aromatic nitrogens is 2. The summed E-state index contributed by atoms with van der Waals surface area (Å²) >= 11 is 0. The lowest BCUT2D eigenvalue weighted by molar-refractivity contribution is -0.137. The Hall–Kier alpha value is -3.24. The van der Waals surface area contributed by atoms with Crippen molar-refractivity contribution in [2.45, 2.75) is 12.7 Å². The molecule has 3 aromatic rings. The van der Waals surface area contributed by atoms with Gasteiger partial charge in [0.2, 0.25) is 0 Å². The van der Waals surface area contributed by atoms with Gasteiger partial charge in [-0.25, -0.2) is 4.98 Å². The fraction of sp³-hybridized carbons (Fsp3) is 0.318. The molecule has 4 rings (SSSR count). The van der Waals surface area contributed by atoms with Gasteiger partial charge in [0.25, 0.3) is 5.91 Å². The molecule has 10 heteroatoms. The molecular weight excluding hydrogens is 423 g/mol. The quantitative estimate of drug-likeness (QED) is 0.607. The summed E-state index contributed by atoms with van der Waals surface area (Å²) in [5.74, 6) is -0.262. The normalized spacial score (nSPS) is 15.0. The number of halogens is 3. The summed E-state index contributed by atoms with van der Waals surface area (Å²) in [6, 6.07) is 9.40. The number of carbonyl (C=O) groups is 1. The maximum absolute atomic E-state index is 12.6. The highest BCUT2D eigenvalue weighted by Gasteiger charge is 2.30. The lowest BCUT2D eigenvalue weighted by atomic mass is 10.2. The van der Waals surface area contributed by atoms with Crippen LogP contribution in [0.1, 0.15) is 11.3 Å². The lowest BCUT2D eigenvalue weighted by Crippen LogP contribution is -2.43. The van der Waals surface area contributed by atoms with Gasteiger partial charge in [0.05, 0.1) is 28.5 Å². The van der Waals surface area contributed by atoms with Crippen molar-refractivity contribution in [1.82, 2.24) is 20.2 Å². The smallest absolute Gasteiger partial charge is 0.416 e. The molecule has 1 aromatic heterocycles. The van der Waals surface area contributed by atoms with Gasteiger partial charge in [0.15, 0.2) is 6.61 Å². The van der Waals surface area contributed by atoms with Crippen molar-refractivity contribution in [2.75, 3.05) is 38.1 Å². The van der Waals surface area contributed by atoms with Crippen LogP contribution in [0.5, 0.6) is 5.75 Å². The Morgan fingerprint density at radius 2 is 1.84 bits per heavy atom. The van der Waals surface area contributed by atoms with E-state index in [4.69, 9.17) is 4.74 Å². The van der Waals surface area contributed by atoms with Crippen LogP contribution in [0.15, 0.2) is 48.7 Å². The van der Waals surface area contributed by atoms with E-state index in [-0.39, 0.29) is 12.4 Å². The first-order valence-corrected chi connectivity index (χ1v) is 10.2. The van der Waals surface area contributed by atoms with Gasteiger partial charge in [-0.15, -0.1) is 0 Å². The fourth-order valence-corrected chi connectivity index (χ4v) is 3.39. The van der Waals surface area contributed by atoms with Gasteiger partial charge in [-0.1, -0.05) is 0 Å². The third-order valence-corrected chi connectivity index (χ3v) is 5.02. The van der Waals surface area contributed by atoms with Crippen LogP contribution in [0, 0.1) is 0 Å². The highest BCUT2D eigenvalue weighted by molar-refractivity contribution is 5.93. The number of benzene rings is 2. The standard InChI is InChI=1S/C22H22F3N5O2/c23-22(24,25)15-1-4-18(5-2-15)32-14-21(31)29-16-3-6-19-20(11-16)27-12-17(28-19)13-30-9-7-26-8-10-30/h1-6,11-12,26H,7-10,13-14H2,(H,29,31). The molecule has 7 nitrogen and oxygen atoms in total. The molecule has 1 aliphatic rings. The average molecular weight is 445 g/mol. The first-order chi connectivity index (χ1) is 15.4. The molecule has 32 heavy (non-hydrogen) atoms. The van der Waals surface area contributed by atoms with Crippen LogP contribution >= 0.6 is 0 Å². The van der Waals surface area contributed by atoms with Crippen molar-refractivity contribution in [2.24, 2.45) is 0 Å². The molecule has 2 aromatic carbocycles. The number of amides is 1. The molecule has 1 aliphatic heterocycles. The van der Waals surface area contributed by atoms with Gasteiger partial charge in [-0.05, 0) is 42.5 Å². The van der Waals surface area contributed by atoms with Crippen molar-refractivity contribution in [3.63, 3.8) is 0 Å². The zero-order chi connectivity index (χ0) is 22.6. The van der Waals surface area contributed by atoms with Gasteiger partial charge in [0.1, 0.15) is 5.75 Å². The largest absolute Gasteiger partial charge is 0.484 e. The maximum atomic E-state index is 12.6. The van der Waals surface area contributed by atoms with E-state index in [1.165, 1.54) is 12.1 Å². The summed E-state index contributed by atoms with van der Waals surface area (Å²) in [5, 5.41) is 6.01. The zero-order valence-electron chi connectivity index (χ0n) is 17.2. The van der Waals surface area contributed by atoms with E-state index in [1.54, 1.807) is 24.4 Å². The van der Waals surface area contributed by atoms with Crippen LogP contribution in [-0.4, -0.2) is 53.6 Å². The number of piperazine rings is 1. The topological polar surface area (TPSA) is 79.4 Å². The molecule has 0 radical (unpaired) electrons. The van der Waals surface area contributed by atoms with Crippen LogP contribution in [0.2, 0.25) is 0 Å². The van der Waals surface area contributed by atoms with E-state index in [0.717, 1.165) is 56.1 Å². The number of fused-ring (bicyclic) bond motifs is 1. The summed E-state index contributed by atoms with van der Waals surface area (Å²) in [5.41, 5.74) is 2.03. The zero-order valence-corrected chi connectivity index (χ0v) is 17.2. The van der Waals surface area contributed by atoms with Crippen LogP contribution < -0.4 is 15.4 Å². The molecule has 0 bridgehead atoms.